The van der Waals surface area contributed by atoms with Crippen LogP contribution in [0.3, 0.4) is 0 Å². The Morgan fingerprint density at radius 2 is 1.88 bits per heavy atom. The third kappa shape index (κ3) is 4.84. The Bertz CT molecular complexity index is 447. The molecule has 0 radical (unpaired) electrons. The van der Waals surface area contributed by atoms with Gasteiger partial charge in [0, 0.05) is 5.70 Å². The van der Waals surface area contributed by atoms with Gasteiger partial charge in [-0.1, -0.05) is 43.5 Å². The number of carbonyl (C=O) groups is 1. The van der Waals surface area contributed by atoms with E-state index in [-0.39, 0.29) is 12.2 Å². The first-order valence-corrected chi connectivity index (χ1v) is 5.12. The highest BCUT2D eigenvalue weighted by Gasteiger charge is 2.05. The summed E-state index contributed by atoms with van der Waals surface area (Å²) < 4.78 is 5.06. The van der Waals surface area contributed by atoms with Crippen molar-refractivity contribution in [1.82, 2.24) is 0 Å². The second-order valence-corrected chi connectivity index (χ2v) is 3.50. The van der Waals surface area contributed by atoms with Gasteiger partial charge in [0.15, 0.2) is 0 Å². The van der Waals surface area contributed by atoms with Crippen molar-refractivity contribution in [2.24, 2.45) is 5.73 Å². The maximum absolute atomic E-state index is 11.5. The van der Waals surface area contributed by atoms with Gasteiger partial charge in [-0.15, -0.1) is 0 Å². The SMILES string of the molecule is C=C(N)/C=C\C(=C)C(=O)OCc1ccccc1. The average Bonchev–Trinajstić information content (AvgIpc) is 2.34. The lowest BCUT2D eigenvalue weighted by molar-refractivity contribution is -0.139. The fraction of sp³-hybridized carbons (Fsp3) is 0.0714. The molecule has 0 fully saturated rings. The quantitative estimate of drug-likeness (QED) is 0.479. The molecule has 2 N–H and O–H groups in total. The summed E-state index contributed by atoms with van der Waals surface area (Å²) in [6.45, 7) is 7.29. The molecule has 0 aliphatic rings. The summed E-state index contributed by atoms with van der Waals surface area (Å²) in [7, 11) is 0. The molecule has 0 atom stereocenters. The van der Waals surface area contributed by atoms with E-state index < -0.39 is 5.97 Å². The minimum absolute atomic E-state index is 0.232. The summed E-state index contributed by atoms with van der Waals surface area (Å²) >= 11 is 0. The number of rotatable bonds is 5. The van der Waals surface area contributed by atoms with Crippen LogP contribution in [0.15, 0.2) is 66.9 Å². The van der Waals surface area contributed by atoms with Gasteiger partial charge in [0.25, 0.3) is 0 Å². The van der Waals surface area contributed by atoms with Crippen molar-refractivity contribution < 1.29 is 9.53 Å². The van der Waals surface area contributed by atoms with E-state index in [0.717, 1.165) is 5.56 Å². The highest BCUT2D eigenvalue weighted by molar-refractivity contribution is 5.90. The van der Waals surface area contributed by atoms with Crippen molar-refractivity contribution in [3.8, 4) is 0 Å². The zero-order valence-electron chi connectivity index (χ0n) is 9.56. The van der Waals surface area contributed by atoms with E-state index in [2.05, 4.69) is 13.2 Å². The number of esters is 1. The molecule has 0 amide bonds. The van der Waals surface area contributed by atoms with Crippen molar-refractivity contribution in [1.29, 1.82) is 0 Å². The zero-order chi connectivity index (χ0) is 12.7. The molecule has 0 aliphatic heterocycles. The smallest absolute Gasteiger partial charge is 0.337 e. The summed E-state index contributed by atoms with van der Waals surface area (Å²) in [6.07, 6.45) is 2.99. The largest absolute Gasteiger partial charge is 0.457 e. The van der Waals surface area contributed by atoms with Gasteiger partial charge in [0.05, 0.1) is 5.57 Å². The molecule has 88 valence electrons. The fourth-order valence-corrected chi connectivity index (χ4v) is 1.09. The maximum atomic E-state index is 11.5. The molecule has 0 unspecified atom stereocenters. The number of allylic oxidation sites excluding steroid dienone is 1. The van der Waals surface area contributed by atoms with E-state index in [1.165, 1.54) is 12.2 Å². The Morgan fingerprint density at radius 1 is 1.24 bits per heavy atom. The predicted molar refractivity (Wildman–Crippen MR) is 67.8 cm³/mol. The Balaban J connectivity index is 2.45. The number of hydrogen-bond acceptors (Lipinski definition) is 3. The number of nitrogens with two attached hydrogens (primary N) is 1. The molecular weight excluding hydrogens is 214 g/mol. The van der Waals surface area contributed by atoms with Gasteiger partial charge < -0.3 is 10.5 Å². The van der Waals surface area contributed by atoms with Crippen LogP contribution in [-0.4, -0.2) is 5.97 Å². The number of ether oxygens (including phenoxy) is 1. The van der Waals surface area contributed by atoms with Gasteiger partial charge in [0.1, 0.15) is 6.61 Å². The second-order valence-electron chi connectivity index (χ2n) is 3.50. The standard InChI is InChI=1S/C14H15NO2/c1-11(8-9-12(2)15)14(16)17-10-13-6-4-3-5-7-13/h3-9H,1-2,10,15H2/b9-8-. The van der Waals surface area contributed by atoms with Crippen LogP contribution in [0.25, 0.3) is 0 Å². The van der Waals surface area contributed by atoms with Crippen LogP contribution in [0.1, 0.15) is 5.56 Å². The van der Waals surface area contributed by atoms with Gasteiger partial charge in [-0.25, -0.2) is 4.79 Å². The van der Waals surface area contributed by atoms with Gasteiger partial charge >= 0.3 is 5.97 Å². The minimum atomic E-state index is -0.466. The summed E-state index contributed by atoms with van der Waals surface area (Å²) in [4.78, 5) is 11.5. The molecule has 0 saturated heterocycles. The van der Waals surface area contributed by atoms with Crippen molar-refractivity contribution in [3.05, 3.63) is 72.5 Å². The van der Waals surface area contributed by atoms with Crippen molar-refractivity contribution in [2.45, 2.75) is 6.61 Å². The Hall–Kier alpha value is -2.29. The van der Waals surface area contributed by atoms with E-state index in [9.17, 15) is 4.79 Å². The third-order valence-corrected chi connectivity index (χ3v) is 1.97. The van der Waals surface area contributed by atoms with E-state index in [0.29, 0.717) is 5.70 Å². The van der Waals surface area contributed by atoms with Crippen LogP contribution < -0.4 is 5.73 Å². The summed E-state index contributed by atoms with van der Waals surface area (Å²) in [5, 5.41) is 0. The van der Waals surface area contributed by atoms with Gasteiger partial charge in [-0.2, -0.15) is 0 Å². The van der Waals surface area contributed by atoms with E-state index in [1.54, 1.807) is 0 Å². The van der Waals surface area contributed by atoms with Crippen LogP contribution >= 0.6 is 0 Å². The normalized spacial score (nSPS) is 10.1. The molecule has 0 bridgehead atoms. The first-order chi connectivity index (χ1) is 8.09. The molecule has 3 nitrogen and oxygen atoms in total. The molecule has 0 heterocycles. The van der Waals surface area contributed by atoms with Gasteiger partial charge in [-0.3, -0.25) is 0 Å². The average molecular weight is 229 g/mol. The second kappa shape index (κ2) is 6.33. The van der Waals surface area contributed by atoms with Crippen molar-refractivity contribution in [3.63, 3.8) is 0 Å². The van der Waals surface area contributed by atoms with E-state index in [4.69, 9.17) is 10.5 Å². The number of benzene rings is 1. The summed E-state index contributed by atoms with van der Waals surface area (Å²) in [5.41, 5.74) is 6.87. The molecule has 0 aliphatic carbocycles. The first kappa shape index (κ1) is 12.8. The number of carbonyl (C=O) groups excluding carboxylic acids is 1. The zero-order valence-corrected chi connectivity index (χ0v) is 9.56. The monoisotopic (exact) mass is 229 g/mol. The highest BCUT2D eigenvalue weighted by atomic mass is 16.5. The highest BCUT2D eigenvalue weighted by Crippen LogP contribution is 2.04. The van der Waals surface area contributed by atoms with Crippen LogP contribution in [0.4, 0.5) is 0 Å². The van der Waals surface area contributed by atoms with Crippen LogP contribution in [-0.2, 0) is 16.1 Å². The third-order valence-electron chi connectivity index (χ3n) is 1.97. The Kier molecular flexibility index (Phi) is 4.76. The van der Waals surface area contributed by atoms with E-state index in [1.807, 2.05) is 30.3 Å². The lowest BCUT2D eigenvalue weighted by atomic mass is 10.2. The fourth-order valence-electron chi connectivity index (χ4n) is 1.09. The summed E-state index contributed by atoms with van der Waals surface area (Å²) in [5.74, 6) is -0.466. The van der Waals surface area contributed by atoms with Gasteiger partial charge in [0.2, 0.25) is 0 Å². The number of hydrogen-bond donors (Lipinski definition) is 1. The maximum Gasteiger partial charge on any atom is 0.337 e. The molecule has 17 heavy (non-hydrogen) atoms. The molecule has 1 aromatic rings. The molecular formula is C14H15NO2. The predicted octanol–water partition coefficient (Wildman–Crippen LogP) is 2.31. The van der Waals surface area contributed by atoms with Crippen LogP contribution in [0.5, 0.6) is 0 Å². The van der Waals surface area contributed by atoms with E-state index >= 15 is 0 Å². The molecule has 3 heteroatoms. The van der Waals surface area contributed by atoms with Crippen molar-refractivity contribution >= 4 is 5.97 Å². The van der Waals surface area contributed by atoms with Gasteiger partial charge in [-0.05, 0) is 17.7 Å². The lowest BCUT2D eigenvalue weighted by Gasteiger charge is -2.04. The summed E-state index contributed by atoms with van der Waals surface area (Å²) in [6, 6.07) is 9.44. The first-order valence-electron chi connectivity index (χ1n) is 5.12. The van der Waals surface area contributed by atoms with Crippen LogP contribution in [0, 0.1) is 0 Å². The molecule has 1 rings (SSSR count). The lowest BCUT2D eigenvalue weighted by Crippen LogP contribution is -2.05. The minimum Gasteiger partial charge on any atom is -0.457 e. The molecule has 1 aromatic carbocycles. The van der Waals surface area contributed by atoms with Crippen molar-refractivity contribution in [2.75, 3.05) is 0 Å². The molecule has 0 aromatic heterocycles. The molecule has 0 spiro atoms. The topological polar surface area (TPSA) is 52.3 Å². The Morgan fingerprint density at radius 3 is 2.47 bits per heavy atom. The molecule has 0 saturated carbocycles. The van der Waals surface area contributed by atoms with Crippen LogP contribution in [0.2, 0.25) is 0 Å². The Labute approximate surface area is 101 Å².